The van der Waals surface area contributed by atoms with E-state index in [0.29, 0.717) is 23.2 Å². The highest BCUT2D eigenvalue weighted by Crippen LogP contribution is 2.25. The van der Waals surface area contributed by atoms with Gasteiger partial charge < -0.3 is 0 Å². The fraction of sp³-hybridized carbons (Fsp3) is 0.0625. The lowest BCUT2D eigenvalue weighted by molar-refractivity contribution is 0.509. The van der Waals surface area contributed by atoms with Crippen molar-refractivity contribution in [3.05, 3.63) is 75.9 Å². The van der Waals surface area contributed by atoms with Crippen LogP contribution in [0.25, 0.3) is 11.3 Å². The van der Waals surface area contributed by atoms with Crippen molar-refractivity contribution >= 4 is 11.3 Å². The maximum atomic E-state index is 13.6. The van der Waals surface area contributed by atoms with Crippen molar-refractivity contribution in [3.8, 4) is 11.3 Å². The molecule has 3 aromatic rings. The first kappa shape index (κ1) is 13.8. The van der Waals surface area contributed by atoms with Crippen molar-refractivity contribution in [2.45, 2.75) is 6.42 Å². The number of aromatic nitrogens is 1. The van der Waals surface area contributed by atoms with Crippen LogP contribution in [0.15, 0.2) is 47.8 Å². The Morgan fingerprint density at radius 2 is 1.71 bits per heavy atom. The van der Waals surface area contributed by atoms with Crippen LogP contribution in [0, 0.1) is 17.5 Å². The summed E-state index contributed by atoms with van der Waals surface area (Å²) in [5.74, 6) is -2.07. The standard InChI is InChI=1S/C16H10F3NS/c17-12-4-2-1-3-10(12)8-16-20-15(9-21-16)11-5-6-13(18)14(19)7-11/h1-7,9H,8H2. The van der Waals surface area contributed by atoms with Gasteiger partial charge in [0.25, 0.3) is 0 Å². The summed E-state index contributed by atoms with van der Waals surface area (Å²) in [5.41, 5.74) is 1.62. The second-order valence-electron chi connectivity index (χ2n) is 4.52. The van der Waals surface area contributed by atoms with Gasteiger partial charge in [0.2, 0.25) is 0 Å². The molecule has 0 atom stereocenters. The Kier molecular flexibility index (Phi) is 3.75. The first-order valence-electron chi connectivity index (χ1n) is 6.27. The number of hydrogen-bond acceptors (Lipinski definition) is 2. The van der Waals surface area contributed by atoms with E-state index in [1.807, 2.05) is 0 Å². The molecule has 21 heavy (non-hydrogen) atoms. The van der Waals surface area contributed by atoms with Gasteiger partial charge in [-0.2, -0.15) is 0 Å². The summed E-state index contributed by atoms with van der Waals surface area (Å²) in [4.78, 5) is 4.35. The van der Waals surface area contributed by atoms with E-state index >= 15 is 0 Å². The quantitative estimate of drug-likeness (QED) is 0.676. The maximum Gasteiger partial charge on any atom is 0.159 e. The van der Waals surface area contributed by atoms with Crippen molar-refractivity contribution in [2.75, 3.05) is 0 Å². The number of benzene rings is 2. The molecule has 1 aromatic heterocycles. The fourth-order valence-corrected chi connectivity index (χ4v) is 2.81. The molecule has 5 heteroatoms. The lowest BCUT2D eigenvalue weighted by Crippen LogP contribution is -1.92. The molecule has 0 spiro atoms. The molecular formula is C16H10F3NS. The van der Waals surface area contributed by atoms with Crippen molar-refractivity contribution in [3.63, 3.8) is 0 Å². The second kappa shape index (κ2) is 5.69. The van der Waals surface area contributed by atoms with Crippen molar-refractivity contribution in [2.24, 2.45) is 0 Å². The molecule has 106 valence electrons. The lowest BCUT2D eigenvalue weighted by atomic mass is 10.1. The molecule has 0 bridgehead atoms. The van der Waals surface area contributed by atoms with Gasteiger partial charge in [0.05, 0.1) is 10.7 Å². The third kappa shape index (κ3) is 2.97. The Balaban J connectivity index is 1.86. The van der Waals surface area contributed by atoms with Gasteiger partial charge in [0.1, 0.15) is 5.82 Å². The van der Waals surface area contributed by atoms with Crippen LogP contribution < -0.4 is 0 Å². The first-order valence-corrected chi connectivity index (χ1v) is 7.14. The molecule has 0 saturated carbocycles. The van der Waals surface area contributed by atoms with Gasteiger partial charge in [-0.1, -0.05) is 18.2 Å². The number of thiazole rings is 1. The lowest BCUT2D eigenvalue weighted by Gasteiger charge is -2.00. The highest BCUT2D eigenvalue weighted by atomic mass is 32.1. The topological polar surface area (TPSA) is 12.9 Å². The zero-order chi connectivity index (χ0) is 14.8. The smallest absolute Gasteiger partial charge is 0.159 e. The van der Waals surface area contributed by atoms with Crippen LogP contribution in [0.5, 0.6) is 0 Å². The van der Waals surface area contributed by atoms with Crippen LogP contribution in [-0.2, 0) is 6.42 Å². The average Bonchev–Trinajstić information content (AvgIpc) is 2.93. The molecular weight excluding hydrogens is 295 g/mol. The Morgan fingerprint density at radius 1 is 0.905 bits per heavy atom. The zero-order valence-corrected chi connectivity index (χ0v) is 11.6. The van der Waals surface area contributed by atoms with Gasteiger partial charge in [0, 0.05) is 17.4 Å². The Morgan fingerprint density at radius 3 is 2.48 bits per heavy atom. The van der Waals surface area contributed by atoms with E-state index in [4.69, 9.17) is 0 Å². The van der Waals surface area contributed by atoms with Crippen LogP contribution in [-0.4, -0.2) is 4.98 Å². The largest absolute Gasteiger partial charge is 0.241 e. The van der Waals surface area contributed by atoms with E-state index in [1.165, 1.54) is 23.5 Å². The van der Waals surface area contributed by atoms with Crippen molar-refractivity contribution < 1.29 is 13.2 Å². The zero-order valence-electron chi connectivity index (χ0n) is 10.8. The Hall–Kier alpha value is -2.14. The first-order chi connectivity index (χ1) is 10.1. The van der Waals surface area contributed by atoms with Crippen molar-refractivity contribution in [1.82, 2.24) is 4.98 Å². The van der Waals surface area contributed by atoms with Crippen LogP contribution >= 0.6 is 11.3 Å². The number of hydrogen-bond donors (Lipinski definition) is 0. The van der Waals surface area contributed by atoms with Gasteiger partial charge in [-0.05, 0) is 29.8 Å². The normalized spacial score (nSPS) is 10.8. The monoisotopic (exact) mass is 305 g/mol. The van der Waals surface area contributed by atoms with Gasteiger partial charge in [-0.15, -0.1) is 11.3 Å². The third-order valence-electron chi connectivity index (χ3n) is 3.07. The van der Waals surface area contributed by atoms with E-state index < -0.39 is 11.6 Å². The average molecular weight is 305 g/mol. The molecule has 0 unspecified atom stereocenters. The van der Waals surface area contributed by atoms with Gasteiger partial charge in [-0.25, -0.2) is 18.2 Å². The molecule has 0 amide bonds. The minimum Gasteiger partial charge on any atom is -0.241 e. The van der Waals surface area contributed by atoms with E-state index in [9.17, 15) is 13.2 Å². The van der Waals surface area contributed by atoms with Crippen LogP contribution in [0.4, 0.5) is 13.2 Å². The highest BCUT2D eigenvalue weighted by molar-refractivity contribution is 7.10. The summed E-state index contributed by atoms with van der Waals surface area (Å²) in [7, 11) is 0. The number of rotatable bonds is 3. The van der Waals surface area contributed by atoms with E-state index in [0.717, 1.165) is 17.1 Å². The maximum absolute atomic E-state index is 13.6. The van der Waals surface area contributed by atoms with E-state index in [-0.39, 0.29) is 5.82 Å². The molecule has 0 aliphatic rings. The molecule has 2 aromatic carbocycles. The van der Waals surface area contributed by atoms with Crippen LogP contribution in [0.2, 0.25) is 0 Å². The summed E-state index contributed by atoms with van der Waals surface area (Å²) < 4.78 is 39.7. The minimum atomic E-state index is -0.906. The molecule has 0 aliphatic carbocycles. The highest BCUT2D eigenvalue weighted by Gasteiger charge is 2.10. The van der Waals surface area contributed by atoms with Crippen LogP contribution in [0.1, 0.15) is 10.6 Å². The Bertz CT molecular complexity index is 783. The summed E-state index contributed by atoms with van der Waals surface area (Å²) in [6.45, 7) is 0. The minimum absolute atomic E-state index is 0.276. The predicted molar refractivity (Wildman–Crippen MR) is 76.7 cm³/mol. The molecule has 1 nitrogen and oxygen atoms in total. The molecule has 0 radical (unpaired) electrons. The molecule has 1 heterocycles. The van der Waals surface area contributed by atoms with Gasteiger partial charge in [0.15, 0.2) is 11.6 Å². The molecule has 0 fully saturated rings. The summed E-state index contributed by atoms with van der Waals surface area (Å²) >= 11 is 1.36. The van der Waals surface area contributed by atoms with E-state index in [1.54, 1.807) is 23.6 Å². The molecule has 0 saturated heterocycles. The third-order valence-corrected chi connectivity index (χ3v) is 3.92. The number of nitrogens with zero attached hydrogens (tertiary/aromatic N) is 1. The van der Waals surface area contributed by atoms with Gasteiger partial charge in [-0.3, -0.25) is 0 Å². The molecule has 0 aliphatic heterocycles. The molecule has 0 N–H and O–H groups in total. The van der Waals surface area contributed by atoms with Crippen molar-refractivity contribution in [1.29, 1.82) is 0 Å². The SMILES string of the molecule is Fc1ccc(-c2csc(Cc3ccccc3F)n2)cc1F. The fourth-order valence-electron chi connectivity index (χ4n) is 1.98. The summed E-state index contributed by atoms with van der Waals surface area (Å²) in [6.07, 6.45) is 0.376. The van der Waals surface area contributed by atoms with Crippen LogP contribution in [0.3, 0.4) is 0 Å². The summed E-state index contributed by atoms with van der Waals surface area (Å²) in [5, 5.41) is 2.47. The summed E-state index contributed by atoms with van der Waals surface area (Å²) in [6, 6.07) is 10.2. The number of halogens is 3. The Labute approximate surface area is 123 Å². The predicted octanol–water partition coefficient (Wildman–Crippen LogP) is 4.82. The second-order valence-corrected chi connectivity index (χ2v) is 5.47. The van der Waals surface area contributed by atoms with E-state index in [2.05, 4.69) is 4.98 Å². The van der Waals surface area contributed by atoms with Gasteiger partial charge >= 0.3 is 0 Å². The molecule has 3 rings (SSSR count).